The molecule has 22 heavy (non-hydrogen) atoms. The SMILES string of the molecule is CC(C)(C)c1ccc(-c2nnc(SCCCCCO)o2)cc1. The lowest BCUT2D eigenvalue weighted by Gasteiger charge is -2.18. The van der Waals surface area contributed by atoms with E-state index in [-0.39, 0.29) is 12.0 Å². The van der Waals surface area contributed by atoms with Gasteiger partial charge in [-0.3, -0.25) is 0 Å². The van der Waals surface area contributed by atoms with Crippen molar-refractivity contribution < 1.29 is 9.52 Å². The lowest BCUT2D eigenvalue weighted by atomic mass is 9.87. The van der Waals surface area contributed by atoms with Crippen LogP contribution in [-0.4, -0.2) is 27.7 Å². The highest BCUT2D eigenvalue weighted by molar-refractivity contribution is 7.99. The van der Waals surface area contributed by atoms with Gasteiger partial charge in [-0.15, -0.1) is 10.2 Å². The monoisotopic (exact) mass is 320 g/mol. The van der Waals surface area contributed by atoms with Gasteiger partial charge in [0.1, 0.15) is 0 Å². The van der Waals surface area contributed by atoms with E-state index in [4.69, 9.17) is 9.52 Å². The first-order valence-electron chi connectivity index (χ1n) is 7.69. The van der Waals surface area contributed by atoms with Gasteiger partial charge in [-0.2, -0.15) is 0 Å². The summed E-state index contributed by atoms with van der Waals surface area (Å²) in [6.45, 7) is 6.85. The van der Waals surface area contributed by atoms with Crippen molar-refractivity contribution in [3.05, 3.63) is 29.8 Å². The van der Waals surface area contributed by atoms with Crippen molar-refractivity contribution in [1.82, 2.24) is 10.2 Å². The Hall–Kier alpha value is -1.33. The van der Waals surface area contributed by atoms with Crippen molar-refractivity contribution in [2.75, 3.05) is 12.4 Å². The Bertz CT molecular complexity index is 573. The summed E-state index contributed by atoms with van der Waals surface area (Å²) in [6.07, 6.45) is 2.93. The van der Waals surface area contributed by atoms with Crippen LogP contribution < -0.4 is 0 Å². The van der Waals surface area contributed by atoms with Gasteiger partial charge in [0.2, 0.25) is 5.89 Å². The van der Waals surface area contributed by atoms with Crippen molar-refractivity contribution in [2.45, 2.75) is 50.7 Å². The average molecular weight is 320 g/mol. The molecule has 5 heteroatoms. The topological polar surface area (TPSA) is 59.2 Å². The first-order valence-corrected chi connectivity index (χ1v) is 8.67. The van der Waals surface area contributed by atoms with E-state index >= 15 is 0 Å². The fraction of sp³-hybridized carbons (Fsp3) is 0.529. The number of rotatable bonds is 7. The summed E-state index contributed by atoms with van der Waals surface area (Å²) in [5.74, 6) is 1.50. The zero-order chi connectivity index (χ0) is 16.0. The minimum atomic E-state index is 0.142. The highest BCUT2D eigenvalue weighted by Crippen LogP contribution is 2.27. The molecule has 1 heterocycles. The molecule has 0 amide bonds. The van der Waals surface area contributed by atoms with Crippen LogP contribution in [0.4, 0.5) is 0 Å². The van der Waals surface area contributed by atoms with Crippen molar-refractivity contribution in [3.63, 3.8) is 0 Å². The summed E-state index contributed by atoms with van der Waals surface area (Å²) in [5, 5.41) is 17.5. The standard InChI is InChI=1S/C17H24N2O2S/c1-17(2,3)14-9-7-13(8-10-14)15-18-19-16(21-15)22-12-6-4-5-11-20/h7-10,20H,4-6,11-12H2,1-3H3. The summed E-state index contributed by atoms with van der Waals surface area (Å²) in [5.41, 5.74) is 2.38. The fourth-order valence-corrected chi connectivity index (χ4v) is 2.81. The lowest BCUT2D eigenvalue weighted by Crippen LogP contribution is -2.10. The van der Waals surface area contributed by atoms with Crippen LogP contribution in [0.2, 0.25) is 0 Å². The molecule has 2 rings (SSSR count). The molecule has 0 saturated carbocycles. The quantitative estimate of drug-likeness (QED) is 0.609. The Morgan fingerprint density at radius 1 is 1.05 bits per heavy atom. The van der Waals surface area contributed by atoms with Gasteiger partial charge in [0.25, 0.3) is 5.22 Å². The van der Waals surface area contributed by atoms with Gasteiger partial charge in [0, 0.05) is 17.9 Å². The van der Waals surface area contributed by atoms with Crippen molar-refractivity contribution in [3.8, 4) is 11.5 Å². The largest absolute Gasteiger partial charge is 0.411 e. The van der Waals surface area contributed by atoms with Crippen molar-refractivity contribution in [1.29, 1.82) is 0 Å². The van der Waals surface area contributed by atoms with Gasteiger partial charge in [-0.25, -0.2) is 0 Å². The second kappa shape index (κ2) is 7.79. The van der Waals surface area contributed by atoms with Crippen LogP contribution in [-0.2, 0) is 5.41 Å². The number of unbranched alkanes of at least 4 members (excludes halogenated alkanes) is 2. The van der Waals surface area contributed by atoms with Crippen LogP contribution in [0.5, 0.6) is 0 Å². The maximum Gasteiger partial charge on any atom is 0.276 e. The van der Waals surface area contributed by atoms with E-state index < -0.39 is 0 Å². The Morgan fingerprint density at radius 2 is 1.77 bits per heavy atom. The van der Waals surface area contributed by atoms with Gasteiger partial charge in [0.05, 0.1) is 0 Å². The van der Waals surface area contributed by atoms with Crippen LogP contribution in [0.15, 0.2) is 33.9 Å². The Morgan fingerprint density at radius 3 is 2.41 bits per heavy atom. The van der Waals surface area contributed by atoms with E-state index in [0.717, 1.165) is 30.6 Å². The van der Waals surface area contributed by atoms with E-state index in [0.29, 0.717) is 11.1 Å². The maximum atomic E-state index is 8.73. The average Bonchev–Trinajstić information content (AvgIpc) is 2.95. The molecule has 0 fully saturated rings. The van der Waals surface area contributed by atoms with E-state index in [9.17, 15) is 0 Å². The molecule has 0 unspecified atom stereocenters. The van der Waals surface area contributed by atoms with Crippen LogP contribution >= 0.6 is 11.8 Å². The second-order valence-electron chi connectivity index (χ2n) is 6.33. The highest BCUT2D eigenvalue weighted by Gasteiger charge is 2.14. The third-order valence-corrected chi connectivity index (χ3v) is 4.34. The van der Waals surface area contributed by atoms with Gasteiger partial charge >= 0.3 is 0 Å². The van der Waals surface area contributed by atoms with Crippen molar-refractivity contribution in [2.24, 2.45) is 0 Å². The Balaban J connectivity index is 1.93. The highest BCUT2D eigenvalue weighted by atomic mass is 32.2. The summed E-state index contributed by atoms with van der Waals surface area (Å²) < 4.78 is 5.69. The molecule has 0 aliphatic carbocycles. The molecule has 120 valence electrons. The molecule has 1 N–H and O–H groups in total. The van der Waals surface area contributed by atoms with Crippen LogP contribution in [0.3, 0.4) is 0 Å². The van der Waals surface area contributed by atoms with Gasteiger partial charge in [0.15, 0.2) is 0 Å². The van der Waals surface area contributed by atoms with E-state index in [1.807, 2.05) is 12.1 Å². The number of hydrogen-bond acceptors (Lipinski definition) is 5. The first-order chi connectivity index (χ1) is 10.5. The zero-order valence-corrected chi connectivity index (χ0v) is 14.3. The molecular weight excluding hydrogens is 296 g/mol. The maximum absolute atomic E-state index is 8.73. The summed E-state index contributed by atoms with van der Waals surface area (Å²) in [7, 11) is 0. The van der Waals surface area contributed by atoms with Crippen LogP contribution in [0.1, 0.15) is 45.6 Å². The molecular formula is C17H24N2O2S. The third kappa shape index (κ3) is 4.85. The molecule has 0 bridgehead atoms. The van der Waals surface area contributed by atoms with Crippen LogP contribution in [0, 0.1) is 0 Å². The summed E-state index contributed by atoms with van der Waals surface area (Å²) in [4.78, 5) is 0. The molecule has 1 aromatic heterocycles. The fourth-order valence-electron chi connectivity index (χ4n) is 2.05. The van der Waals surface area contributed by atoms with E-state index in [1.54, 1.807) is 11.8 Å². The van der Waals surface area contributed by atoms with Gasteiger partial charge in [-0.05, 0) is 36.0 Å². The number of hydrogen-bond donors (Lipinski definition) is 1. The molecule has 2 aromatic rings. The van der Waals surface area contributed by atoms with Gasteiger partial charge in [-0.1, -0.05) is 51.1 Å². The molecule has 0 aliphatic heterocycles. The van der Waals surface area contributed by atoms with E-state index in [1.165, 1.54) is 5.56 Å². The minimum Gasteiger partial charge on any atom is -0.411 e. The summed E-state index contributed by atoms with van der Waals surface area (Å²) >= 11 is 1.57. The van der Waals surface area contributed by atoms with Crippen molar-refractivity contribution >= 4 is 11.8 Å². The normalized spacial score (nSPS) is 11.8. The molecule has 0 radical (unpaired) electrons. The lowest BCUT2D eigenvalue weighted by molar-refractivity contribution is 0.284. The molecule has 0 atom stereocenters. The zero-order valence-electron chi connectivity index (χ0n) is 13.5. The number of aromatic nitrogens is 2. The third-order valence-electron chi connectivity index (χ3n) is 3.43. The summed E-state index contributed by atoms with van der Waals surface area (Å²) in [6, 6.07) is 8.29. The van der Waals surface area contributed by atoms with Crippen LogP contribution in [0.25, 0.3) is 11.5 Å². The Kier molecular flexibility index (Phi) is 6.03. The number of nitrogens with zero attached hydrogens (tertiary/aromatic N) is 2. The second-order valence-corrected chi connectivity index (χ2v) is 7.38. The molecule has 0 saturated heterocycles. The first kappa shape index (κ1) is 17.0. The number of aliphatic hydroxyl groups excluding tert-OH is 1. The minimum absolute atomic E-state index is 0.142. The molecule has 0 aliphatic rings. The number of aliphatic hydroxyl groups is 1. The smallest absolute Gasteiger partial charge is 0.276 e. The molecule has 1 aromatic carbocycles. The predicted octanol–water partition coefficient (Wildman–Crippen LogP) is 4.29. The van der Waals surface area contributed by atoms with Gasteiger partial charge < -0.3 is 9.52 Å². The molecule has 4 nitrogen and oxygen atoms in total. The predicted molar refractivity (Wildman–Crippen MR) is 90.1 cm³/mol. The number of thioether (sulfide) groups is 1. The molecule has 0 spiro atoms. The number of benzene rings is 1. The van der Waals surface area contributed by atoms with E-state index in [2.05, 4.69) is 43.1 Å². The Labute approximate surface area is 136 Å².